The third kappa shape index (κ3) is 4.27. The predicted octanol–water partition coefficient (Wildman–Crippen LogP) is 1.20. The van der Waals surface area contributed by atoms with Crippen molar-refractivity contribution in [2.45, 2.75) is 40.3 Å². The highest BCUT2D eigenvalue weighted by Crippen LogP contribution is 2.07. The topological polar surface area (TPSA) is 104 Å². The molecule has 0 bridgehead atoms. The van der Waals surface area contributed by atoms with Gasteiger partial charge in [0.15, 0.2) is 0 Å². The van der Waals surface area contributed by atoms with Crippen molar-refractivity contribution in [3.05, 3.63) is 17.3 Å². The minimum absolute atomic E-state index is 0.161. The van der Waals surface area contributed by atoms with E-state index in [-0.39, 0.29) is 6.54 Å². The first-order valence-corrected chi connectivity index (χ1v) is 6.01. The van der Waals surface area contributed by atoms with Gasteiger partial charge >= 0.3 is 12.0 Å². The van der Waals surface area contributed by atoms with E-state index in [4.69, 9.17) is 9.52 Å². The molecule has 0 aliphatic heterocycles. The number of oxazole rings is 1. The van der Waals surface area contributed by atoms with Crippen LogP contribution in [0.3, 0.4) is 0 Å². The van der Waals surface area contributed by atoms with Crippen LogP contribution in [0.4, 0.5) is 4.79 Å². The molecular weight excluding hydrogens is 250 g/mol. The summed E-state index contributed by atoms with van der Waals surface area (Å²) in [5.41, 5.74) is 0.782. The summed E-state index contributed by atoms with van der Waals surface area (Å²) in [5.74, 6) is -0.474. The number of hydrogen-bond acceptors (Lipinski definition) is 4. The highest BCUT2D eigenvalue weighted by molar-refractivity contribution is 5.76. The second-order valence-corrected chi connectivity index (χ2v) is 4.49. The zero-order valence-corrected chi connectivity index (χ0v) is 11.5. The number of aryl methyl sites for hydroxylation is 2. The number of nitrogens with zero attached hydrogens (tertiary/aromatic N) is 1. The van der Waals surface area contributed by atoms with E-state index in [0.29, 0.717) is 11.7 Å². The number of carboxylic acid groups (broad SMARTS) is 1. The fourth-order valence-electron chi connectivity index (χ4n) is 1.37. The lowest BCUT2D eigenvalue weighted by molar-refractivity contribution is -0.141. The van der Waals surface area contributed by atoms with Gasteiger partial charge in [0.2, 0.25) is 5.89 Å². The molecule has 1 aromatic rings. The average molecular weight is 269 g/mol. The summed E-state index contributed by atoms with van der Waals surface area (Å²) >= 11 is 0. The number of carboxylic acids is 1. The molecule has 19 heavy (non-hydrogen) atoms. The van der Waals surface area contributed by atoms with Crippen LogP contribution in [0.1, 0.15) is 31.2 Å². The normalized spacial score (nSPS) is 13.7. The minimum atomic E-state index is -0.952. The third-order valence-corrected chi connectivity index (χ3v) is 2.97. The molecule has 3 N–H and O–H groups in total. The van der Waals surface area contributed by atoms with Crippen molar-refractivity contribution in [2.24, 2.45) is 5.92 Å². The number of carbonyl (C=O) groups excluding carboxylic acids is 1. The first-order valence-electron chi connectivity index (χ1n) is 6.01. The zero-order chi connectivity index (χ0) is 14.6. The van der Waals surface area contributed by atoms with E-state index in [9.17, 15) is 9.59 Å². The Kier molecular flexibility index (Phi) is 4.91. The summed E-state index contributed by atoms with van der Waals surface area (Å²) in [6, 6.07) is -0.917. The Bertz CT molecular complexity index is 450. The molecule has 0 aliphatic carbocycles. The molecule has 0 saturated carbocycles. The van der Waals surface area contributed by atoms with Gasteiger partial charge in [0.25, 0.3) is 0 Å². The molecule has 7 nitrogen and oxygen atoms in total. The van der Waals surface area contributed by atoms with E-state index in [2.05, 4.69) is 15.6 Å². The lowest BCUT2D eigenvalue weighted by atomic mass is 10.0. The van der Waals surface area contributed by atoms with Gasteiger partial charge in [-0.25, -0.2) is 9.78 Å². The number of carbonyl (C=O) groups is 2. The first-order chi connectivity index (χ1) is 8.81. The second kappa shape index (κ2) is 6.21. The number of hydrogen-bond donors (Lipinski definition) is 3. The van der Waals surface area contributed by atoms with Crippen LogP contribution < -0.4 is 10.6 Å². The Labute approximate surface area is 111 Å². The molecule has 2 amide bonds. The van der Waals surface area contributed by atoms with E-state index >= 15 is 0 Å². The van der Waals surface area contributed by atoms with E-state index < -0.39 is 24.0 Å². The van der Waals surface area contributed by atoms with Crippen molar-refractivity contribution in [3.63, 3.8) is 0 Å². The molecule has 1 aromatic heterocycles. The Balaban J connectivity index is 2.41. The Morgan fingerprint density at radius 2 is 2.00 bits per heavy atom. The largest absolute Gasteiger partial charge is 0.481 e. The van der Waals surface area contributed by atoms with Crippen molar-refractivity contribution in [2.75, 3.05) is 0 Å². The monoisotopic (exact) mass is 269 g/mol. The molecule has 2 unspecified atom stereocenters. The number of amides is 2. The molecule has 0 aromatic carbocycles. The average Bonchev–Trinajstić information content (AvgIpc) is 2.65. The molecule has 0 radical (unpaired) electrons. The molecule has 1 heterocycles. The van der Waals surface area contributed by atoms with Crippen LogP contribution in [0.2, 0.25) is 0 Å². The van der Waals surface area contributed by atoms with Gasteiger partial charge in [0, 0.05) is 6.04 Å². The van der Waals surface area contributed by atoms with Crippen molar-refractivity contribution in [3.8, 4) is 0 Å². The number of nitrogens with one attached hydrogen (secondary N) is 2. The summed E-state index contributed by atoms with van der Waals surface area (Å²) in [6.45, 7) is 6.95. The van der Waals surface area contributed by atoms with Gasteiger partial charge in [0.05, 0.1) is 18.2 Å². The summed E-state index contributed by atoms with van der Waals surface area (Å²) in [6.07, 6.45) is 0. The van der Waals surface area contributed by atoms with E-state index in [0.717, 1.165) is 5.69 Å². The van der Waals surface area contributed by atoms with Gasteiger partial charge in [-0.1, -0.05) is 0 Å². The minimum Gasteiger partial charge on any atom is -0.481 e. The Hall–Kier alpha value is -2.05. The van der Waals surface area contributed by atoms with E-state index in [1.807, 2.05) is 6.92 Å². The molecule has 106 valence electrons. The molecule has 0 aliphatic rings. The van der Waals surface area contributed by atoms with Gasteiger partial charge in [0.1, 0.15) is 5.76 Å². The molecule has 1 rings (SSSR count). The lowest BCUT2D eigenvalue weighted by Gasteiger charge is -2.17. The number of urea groups is 1. The van der Waals surface area contributed by atoms with Crippen LogP contribution in [-0.2, 0) is 11.3 Å². The van der Waals surface area contributed by atoms with Crippen LogP contribution in [-0.4, -0.2) is 28.1 Å². The van der Waals surface area contributed by atoms with Gasteiger partial charge in [-0.3, -0.25) is 4.79 Å². The lowest BCUT2D eigenvalue weighted by Crippen LogP contribution is -2.45. The van der Waals surface area contributed by atoms with Crippen molar-refractivity contribution in [1.82, 2.24) is 15.6 Å². The van der Waals surface area contributed by atoms with Crippen molar-refractivity contribution in [1.29, 1.82) is 0 Å². The Morgan fingerprint density at radius 3 is 2.47 bits per heavy atom. The standard InChI is InChI=1S/C12H19N3O4/c1-6(11(16)17)7(2)15-12(18)13-5-10-14-8(3)9(4)19-10/h6-7H,5H2,1-4H3,(H,16,17)(H2,13,15,18). The van der Waals surface area contributed by atoms with Gasteiger partial charge in [-0.05, 0) is 27.7 Å². The molecular formula is C12H19N3O4. The van der Waals surface area contributed by atoms with E-state index in [1.165, 1.54) is 6.92 Å². The summed E-state index contributed by atoms with van der Waals surface area (Å²) < 4.78 is 5.31. The number of rotatable bonds is 5. The predicted molar refractivity (Wildman–Crippen MR) is 67.6 cm³/mol. The SMILES string of the molecule is Cc1nc(CNC(=O)NC(C)C(C)C(=O)O)oc1C. The van der Waals surface area contributed by atoms with Gasteiger partial charge < -0.3 is 20.2 Å². The number of aliphatic carboxylic acids is 1. The van der Waals surface area contributed by atoms with Gasteiger partial charge in [-0.2, -0.15) is 0 Å². The fourth-order valence-corrected chi connectivity index (χ4v) is 1.37. The fraction of sp³-hybridized carbons (Fsp3) is 0.583. The van der Waals surface area contributed by atoms with Crippen LogP contribution in [0.5, 0.6) is 0 Å². The molecule has 0 spiro atoms. The van der Waals surface area contributed by atoms with Crippen molar-refractivity contribution < 1.29 is 19.1 Å². The highest BCUT2D eigenvalue weighted by atomic mass is 16.4. The van der Waals surface area contributed by atoms with Crippen LogP contribution in [0.25, 0.3) is 0 Å². The molecule has 7 heteroatoms. The maximum atomic E-state index is 11.6. The molecule has 0 fully saturated rings. The van der Waals surface area contributed by atoms with Crippen molar-refractivity contribution >= 4 is 12.0 Å². The second-order valence-electron chi connectivity index (χ2n) is 4.49. The quantitative estimate of drug-likeness (QED) is 0.745. The van der Waals surface area contributed by atoms with E-state index in [1.54, 1.807) is 13.8 Å². The smallest absolute Gasteiger partial charge is 0.315 e. The van der Waals surface area contributed by atoms with Crippen LogP contribution >= 0.6 is 0 Å². The third-order valence-electron chi connectivity index (χ3n) is 2.97. The molecule has 2 atom stereocenters. The van der Waals surface area contributed by atoms with Gasteiger partial charge in [-0.15, -0.1) is 0 Å². The first kappa shape index (κ1) is 15.0. The maximum Gasteiger partial charge on any atom is 0.315 e. The number of aromatic nitrogens is 1. The maximum absolute atomic E-state index is 11.6. The van der Waals surface area contributed by atoms with Crippen LogP contribution in [0, 0.1) is 19.8 Å². The summed E-state index contributed by atoms with van der Waals surface area (Å²) in [4.78, 5) is 26.4. The van der Waals surface area contributed by atoms with Crippen LogP contribution in [0.15, 0.2) is 4.42 Å². The highest BCUT2D eigenvalue weighted by Gasteiger charge is 2.20. The zero-order valence-electron chi connectivity index (χ0n) is 11.5. The summed E-state index contributed by atoms with van der Waals surface area (Å²) in [5, 5.41) is 13.9. The summed E-state index contributed by atoms with van der Waals surface area (Å²) in [7, 11) is 0. The molecule has 0 saturated heterocycles. The Morgan fingerprint density at radius 1 is 1.37 bits per heavy atom.